The van der Waals surface area contributed by atoms with Gasteiger partial charge in [-0.3, -0.25) is 14.4 Å². The van der Waals surface area contributed by atoms with Gasteiger partial charge in [0, 0.05) is 5.56 Å². The largest absolute Gasteiger partial charge is 0.454 e. The van der Waals surface area contributed by atoms with Crippen LogP contribution >= 0.6 is 0 Å². The Morgan fingerprint density at radius 1 is 0.737 bits per heavy atom. The van der Waals surface area contributed by atoms with Gasteiger partial charge in [0.2, 0.25) is 11.8 Å². The Morgan fingerprint density at radius 3 is 2.03 bits per heavy atom. The van der Waals surface area contributed by atoms with Crippen molar-refractivity contribution in [1.29, 1.82) is 0 Å². The van der Waals surface area contributed by atoms with Crippen molar-refractivity contribution in [2.24, 2.45) is 35.5 Å². The van der Waals surface area contributed by atoms with E-state index in [9.17, 15) is 19.2 Å². The monoisotopic (exact) mass is 503 g/mol. The van der Waals surface area contributed by atoms with E-state index in [2.05, 4.69) is 12.2 Å². The highest BCUT2D eigenvalue weighted by molar-refractivity contribution is 6.23. The van der Waals surface area contributed by atoms with Crippen molar-refractivity contribution < 1.29 is 23.9 Å². The quantitative estimate of drug-likeness (QED) is 0.206. The summed E-state index contributed by atoms with van der Waals surface area (Å²) < 4.78 is 5.30. The van der Waals surface area contributed by atoms with Crippen molar-refractivity contribution in [3.8, 4) is 11.1 Å². The molecule has 3 fully saturated rings. The molecule has 4 aliphatic carbocycles. The van der Waals surface area contributed by atoms with Gasteiger partial charge in [0.1, 0.15) is 0 Å². The van der Waals surface area contributed by atoms with E-state index < -0.39 is 12.6 Å². The summed E-state index contributed by atoms with van der Waals surface area (Å²) in [7, 11) is 0. The van der Waals surface area contributed by atoms with Gasteiger partial charge in [-0.1, -0.05) is 72.8 Å². The molecule has 1 saturated heterocycles. The van der Waals surface area contributed by atoms with Crippen LogP contribution in [0.5, 0.6) is 0 Å². The number of hydrogen-bond donors (Lipinski definition) is 0. The van der Waals surface area contributed by atoms with Gasteiger partial charge < -0.3 is 4.74 Å². The van der Waals surface area contributed by atoms with Crippen LogP contribution < -0.4 is 4.90 Å². The minimum atomic E-state index is -0.680. The molecule has 6 heteroatoms. The van der Waals surface area contributed by atoms with Crippen molar-refractivity contribution in [2.75, 3.05) is 11.5 Å². The zero-order valence-electron chi connectivity index (χ0n) is 20.5. The summed E-state index contributed by atoms with van der Waals surface area (Å²) in [6, 6.07) is 23.4. The molecule has 6 atom stereocenters. The van der Waals surface area contributed by atoms with Gasteiger partial charge >= 0.3 is 5.97 Å². The molecule has 2 saturated carbocycles. The van der Waals surface area contributed by atoms with Crippen LogP contribution in [0, 0.1) is 35.5 Å². The molecule has 0 radical (unpaired) electrons. The first kappa shape index (κ1) is 22.8. The topological polar surface area (TPSA) is 80.8 Å². The van der Waals surface area contributed by atoms with E-state index in [1.54, 1.807) is 30.3 Å². The number of Topliss-reactive ketones (excluding diaryl/α,β-unsaturated/α-hetero) is 1. The highest BCUT2D eigenvalue weighted by atomic mass is 16.5. The van der Waals surface area contributed by atoms with Gasteiger partial charge in [-0.05, 0) is 59.4 Å². The molecule has 1 heterocycles. The van der Waals surface area contributed by atoms with Crippen LogP contribution in [-0.2, 0) is 14.3 Å². The second-order valence-corrected chi connectivity index (χ2v) is 10.7. The number of imide groups is 1. The van der Waals surface area contributed by atoms with E-state index in [-0.39, 0.29) is 46.8 Å². The summed E-state index contributed by atoms with van der Waals surface area (Å²) in [5.74, 6) is -0.633. The van der Waals surface area contributed by atoms with Crippen LogP contribution in [-0.4, -0.2) is 30.2 Å². The number of anilines is 1. The molecule has 0 aromatic heterocycles. The Morgan fingerprint density at radius 2 is 1.37 bits per heavy atom. The first-order chi connectivity index (χ1) is 18.5. The molecular formula is C32H25NO5. The molecule has 38 heavy (non-hydrogen) atoms. The standard InChI is InChI=1S/C32H25NO5/c34-27(20-11-9-19(10-12-20)18-5-2-1-3-6-18)17-38-32(37)21-7-4-8-22(15-21)33-30(35)28-23-13-14-24(26-16-25(23)26)29(28)31(33)36/h1-15,23-26,28-29H,16-17H2/t23-,24-,25-,26-,28-,29+/m1/s1. The average molecular weight is 504 g/mol. The maximum Gasteiger partial charge on any atom is 0.338 e. The first-order valence-electron chi connectivity index (χ1n) is 13.0. The maximum atomic E-state index is 13.4. The van der Waals surface area contributed by atoms with Crippen LogP contribution in [0.15, 0.2) is 91.0 Å². The van der Waals surface area contributed by atoms with Gasteiger partial charge in [-0.2, -0.15) is 0 Å². The molecule has 8 rings (SSSR count). The molecule has 188 valence electrons. The van der Waals surface area contributed by atoms with Gasteiger partial charge in [-0.15, -0.1) is 0 Å². The lowest BCUT2D eigenvalue weighted by Crippen LogP contribution is -2.40. The van der Waals surface area contributed by atoms with Crippen LogP contribution in [0.1, 0.15) is 27.1 Å². The summed E-state index contributed by atoms with van der Waals surface area (Å²) in [6.45, 7) is -0.405. The second kappa shape index (κ2) is 8.62. The predicted octanol–water partition coefficient (Wildman–Crippen LogP) is 4.95. The van der Waals surface area contributed by atoms with E-state index in [1.807, 2.05) is 42.5 Å². The van der Waals surface area contributed by atoms with Crippen molar-refractivity contribution in [3.05, 3.63) is 102 Å². The number of allylic oxidation sites excluding steroid dienone is 2. The number of carbonyl (C=O) groups is 4. The molecule has 2 amide bonds. The summed E-state index contributed by atoms with van der Waals surface area (Å²) in [5, 5.41) is 0. The van der Waals surface area contributed by atoms with Crippen molar-refractivity contribution in [2.45, 2.75) is 6.42 Å². The fourth-order valence-electron chi connectivity index (χ4n) is 6.76. The molecule has 6 nitrogen and oxygen atoms in total. The summed E-state index contributed by atoms with van der Waals surface area (Å²) in [6.07, 6.45) is 5.37. The lowest BCUT2D eigenvalue weighted by Gasteiger charge is -2.37. The van der Waals surface area contributed by atoms with E-state index in [0.717, 1.165) is 17.5 Å². The predicted molar refractivity (Wildman–Crippen MR) is 140 cm³/mol. The summed E-state index contributed by atoms with van der Waals surface area (Å²) in [4.78, 5) is 53.5. The number of amides is 2. The minimum absolute atomic E-state index is 0.136. The Kier molecular flexibility index (Phi) is 5.18. The molecule has 2 bridgehead atoms. The van der Waals surface area contributed by atoms with E-state index in [0.29, 0.717) is 23.1 Å². The van der Waals surface area contributed by atoms with Crippen molar-refractivity contribution >= 4 is 29.3 Å². The zero-order chi connectivity index (χ0) is 26.0. The van der Waals surface area contributed by atoms with Crippen LogP contribution in [0.2, 0.25) is 0 Å². The number of ether oxygens (including phenoxy) is 1. The fraction of sp³-hybridized carbons (Fsp3) is 0.250. The number of rotatable bonds is 6. The van der Waals surface area contributed by atoms with Gasteiger partial charge in [0.15, 0.2) is 12.4 Å². The third-order valence-corrected chi connectivity index (χ3v) is 8.65. The zero-order valence-corrected chi connectivity index (χ0v) is 20.5. The van der Waals surface area contributed by atoms with E-state index >= 15 is 0 Å². The maximum absolute atomic E-state index is 13.4. The lowest BCUT2D eigenvalue weighted by atomic mass is 9.63. The molecular weight excluding hydrogens is 478 g/mol. The molecule has 3 aromatic rings. The van der Waals surface area contributed by atoms with E-state index in [4.69, 9.17) is 4.74 Å². The number of nitrogens with zero attached hydrogens (tertiary/aromatic N) is 1. The Bertz CT molecular complexity index is 1470. The summed E-state index contributed by atoms with van der Waals surface area (Å²) >= 11 is 0. The summed E-state index contributed by atoms with van der Waals surface area (Å²) in [5.41, 5.74) is 3.05. The third-order valence-electron chi connectivity index (χ3n) is 8.65. The Labute approximate surface area is 219 Å². The normalized spacial score (nSPS) is 28.2. The van der Waals surface area contributed by atoms with E-state index in [1.165, 1.54) is 11.0 Å². The second-order valence-electron chi connectivity index (χ2n) is 10.7. The van der Waals surface area contributed by atoms with Crippen LogP contribution in [0.3, 0.4) is 0 Å². The first-order valence-corrected chi connectivity index (χ1v) is 13.0. The minimum Gasteiger partial charge on any atom is -0.454 e. The molecule has 1 aliphatic heterocycles. The van der Waals surface area contributed by atoms with Crippen molar-refractivity contribution in [1.82, 2.24) is 0 Å². The molecule has 0 unspecified atom stereocenters. The average Bonchev–Trinajstić information content (AvgIpc) is 3.74. The number of ketones is 1. The number of benzene rings is 3. The smallest absolute Gasteiger partial charge is 0.338 e. The third kappa shape index (κ3) is 3.55. The van der Waals surface area contributed by atoms with Crippen molar-refractivity contribution in [3.63, 3.8) is 0 Å². The SMILES string of the molecule is O=C(COC(=O)c1cccc(N2C(=O)[C@@H]3[C@@H]4C=C[C@H]([C@H]5C[C@H]45)[C@@H]3C2=O)c1)c1ccc(-c2ccccc2)cc1. The molecule has 5 aliphatic rings. The van der Waals surface area contributed by atoms with Gasteiger partial charge in [0.05, 0.1) is 23.1 Å². The Balaban J connectivity index is 1.03. The van der Waals surface area contributed by atoms with Crippen LogP contribution in [0.4, 0.5) is 5.69 Å². The Hall–Kier alpha value is -4.32. The fourth-order valence-corrected chi connectivity index (χ4v) is 6.76. The molecule has 3 aromatic carbocycles. The highest BCUT2D eigenvalue weighted by Gasteiger charge is 2.67. The molecule has 0 spiro atoms. The number of hydrogen-bond acceptors (Lipinski definition) is 5. The van der Waals surface area contributed by atoms with Gasteiger partial charge in [0.25, 0.3) is 0 Å². The van der Waals surface area contributed by atoms with Crippen LogP contribution in [0.25, 0.3) is 11.1 Å². The molecule has 0 N–H and O–H groups in total. The highest BCUT2D eigenvalue weighted by Crippen LogP contribution is 2.65. The van der Waals surface area contributed by atoms with Gasteiger partial charge in [-0.25, -0.2) is 9.69 Å². The lowest BCUT2D eigenvalue weighted by molar-refractivity contribution is -0.124. The number of carbonyl (C=O) groups excluding carboxylic acids is 4. The number of esters is 1.